The molecule has 0 amide bonds. The fourth-order valence-electron chi connectivity index (χ4n) is 11.3. The first-order valence-electron chi connectivity index (χ1n) is 16.1. The molecule has 9 atom stereocenters. The van der Waals surface area contributed by atoms with Gasteiger partial charge in [-0.2, -0.15) is 0 Å². The maximum Gasteiger partial charge on any atom is 0.336 e. The molecule has 1 saturated heterocycles. The number of esters is 3. The second kappa shape index (κ2) is 9.42. The lowest BCUT2D eigenvalue weighted by atomic mass is 9.43. The van der Waals surface area contributed by atoms with Gasteiger partial charge in [-0.15, -0.1) is 0 Å². The molecule has 1 spiro atoms. The van der Waals surface area contributed by atoms with E-state index in [0.29, 0.717) is 23.3 Å². The molecule has 7 heteroatoms. The fraction of sp³-hybridized carbons (Fsp3) is 0.800. The van der Waals surface area contributed by atoms with Gasteiger partial charge in [0.1, 0.15) is 12.5 Å². The van der Waals surface area contributed by atoms with Crippen molar-refractivity contribution < 1.29 is 33.3 Å². The minimum Gasteiger partial charge on any atom is -0.469 e. The van der Waals surface area contributed by atoms with Gasteiger partial charge in [0.15, 0.2) is 0 Å². The van der Waals surface area contributed by atoms with E-state index in [2.05, 4.69) is 46.3 Å². The van der Waals surface area contributed by atoms with Crippen LogP contribution in [0, 0.1) is 39.4 Å². The molecule has 0 aromatic rings. The van der Waals surface area contributed by atoms with E-state index in [1.165, 1.54) is 7.11 Å². The normalized spacial score (nSPS) is 45.5. The van der Waals surface area contributed by atoms with Gasteiger partial charge in [0, 0.05) is 23.0 Å². The van der Waals surface area contributed by atoms with Gasteiger partial charge >= 0.3 is 17.9 Å². The van der Waals surface area contributed by atoms with E-state index in [1.807, 2.05) is 13.8 Å². The van der Waals surface area contributed by atoms with Crippen LogP contribution < -0.4 is 0 Å². The molecule has 6 aliphatic rings. The van der Waals surface area contributed by atoms with Crippen LogP contribution in [0.15, 0.2) is 22.3 Å². The maximum absolute atomic E-state index is 12.6. The van der Waals surface area contributed by atoms with Gasteiger partial charge in [-0.05, 0) is 92.8 Å². The van der Waals surface area contributed by atoms with Gasteiger partial charge in [-0.3, -0.25) is 9.59 Å². The number of allylic oxidation sites excluding steroid dienone is 2. The standard InChI is InChI=1S/C35H50O7/c1-19-17-35(21(3)20(2)30(38)42-35)41-24-18-34(8)23-10-11-25-31(4,5)26(40-28(37)16-27(36)39-9)13-14-32(25,6)22(23)12-15-33(34,7)29(19)24/h19,24-26,29H,10-18H2,1-9H3/t19-,24-,25?,26-,29+,32-,33-,34+,35?/m1/s1. The second-order valence-corrected chi connectivity index (χ2v) is 15.8. The van der Waals surface area contributed by atoms with Crippen LogP contribution in [0.3, 0.4) is 0 Å². The number of rotatable bonds is 3. The van der Waals surface area contributed by atoms with Crippen molar-refractivity contribution in [3.63, 3.8) is 0 Å². The van der Waals surface area contributed by atoms with Crippen LogP contribution >= 0.6 is 0 Å². The van der Waals surface area contributed by atoms with Gasteiger partial charge in [0.05, 0.1) is 13.2 Å². The average molecular weight is 583 g/mol. The van der Waals surface area contributed by atoms with Crippen molar-refractivity contribution in [2.24, 2.45) is 39.4 Å². The first kappa shape index (κ1) is 29.9. The minimum atomic E-state index is -0.906. The van der Waals surface area contributed by atoms with Crippen molar-refractivity contribution in [2.75, 3.05) is 7.11 Å². The Hall–Kier alpha value is -2.15. The molecule has 4 aliphatic carbocycles. The molecule has 0 bridgehead atoms. The molecular weight excluding hydrogens is 532 g/mol. The number of hydrogen-bond acceptors (Lipinski definition) is 7. The molecule has 7 nitrogen and oxygen atoms in total. The summed E-state index contributed by atoms with van der Waals surface area (Å²) < 4.78 is 23.5. The number of ether oxygens (including phenoxy) is 4. The summed E-state index contributed by atoms with van der Waals surface area (Å²) in [6.07, 6.45) is 7.31. The largest absolute Gasteiger partial charge is 0.469 e. The summed E-state index contributed by atoms with van der Waals surface area (Å²) in [5.74, 6) is -1.01. The highest BCUT2D eigenvalue weighted by Crippen LogP contribution is 2.74. The zero-order valence-electron chi connectivity index (χ0n) is 27.1. The van der Waals surface area contributed by atoms with Crippen LogP contribution in [0.5, 0.6) is 0 Å². The van der Waals surface area contributed by atoms with E-state index in [1.54, 1.807) is 11.1 Å². The van der Waals surface area contributed by atoms with Crippen molar-refractivity contribution in [1.82, 2.24) is 0 Å². The SMILES string of the molecule is COC(=O)CC(=O)O[C@@H]1CC[C@]2(C)C3=C(CCC2C1(C)C)[C@]1(C)C[C@H]2OC4(C[C@@H](C)[C@@H]2[C@@]1(C)CC3)OC(=O)C(C)=C4C. The number of carbonyl (C=O) groups is 3. The molecule has 0 N–H and O–H groups in total. The quantitative estimate of drug-likeness (QED) is 0.156. The van der Waals surface area contributed by atoms with Crippen molar-refractivity contribution >= 4 is 17.9 Å². The fourth-order valence-corrected chi connectivity index (χ4v) is 11.3. The summed E-state index contributed by atoms with van der Waals surface area (Å²) in [5.41, 5.74) is 4.91. The van der Waals surface area contributed by atoms with Gasteiger partial charge in [-0.1, -0.05) is 52.7 Å². The molecule has 0 aromatic heterocycles. The minimum absolute atomic E-state index is 0.0208. The highest BCUT2D eigenvalue weighted by Gasteiger charge is 2.69. The van der Waals surface area contributed by atoms with Crippen molar-refractivity contribution in [2.45, 2.75) is 131 Å². The summed E-state index contributed by atoms with van der Waals surface area (Å²) in [6, 6.07) is 0. The third-order valence-corrected chi connectivity index (χ3v) is 13.8. The van der Waals surface area contributed by atoms with Crippen molar-refractivity contribution in [3.8, 4) is 0 Å². The topological polar surface area (TPSA) is 88.1 Å². The van der Waals surface area contributed by atoms with Crippen LogP contribution in [0.1, 0.15) is 113 Å². The molecular formula is C35H50O7. The molecule has 6 rings (SSSR count). The van der Waals surface area contributed by atoms with Gasteiger partial charge < -0.3 is 18.9 Å². The zero-order valence-corrected chi connectivity index (χ0v) is 27.1. The Kier molecular flexibility index (Phi) is 6.71. The van der Waals surface area contributed by atoms with E-state index < -0.39 is 17.7 Å². The summed E-state index contributed by atoms with van der Waals surface area (Å²) in [7, 11) is 1.29. The summed E-state index contributed by atoms with van der Waals surface area (Å²) in [4.78, 5) is 36.8. The van der Waals surface area contributed by atoms with E-state index in [9.17, 15) is 14.4 Å². The van der Waals surface area contributed by atoms with Crippen molar-refractivity contribution in [3.05, 3.63) is 22.3 Å². The molecule has 3 fully saturated rings. The van der Waals surface area contributed by atoms with Crippen LogP contribution in [0.4, 0.5) is 0 Å². The van der Waals surface area contributed by atoms with Gasteiger partial charge in [0.2, 0.25) is 5.79 Å². The highest BCUT2D eigenvalue weighted by molar-refractivity contribution is 5.92. The van der Waals surface area contributed by atoms with Crippen LogP contribution in [-0.4, -0.2) is 43.0 Å². The van der Waals surface area contributed by atoms with Crippen LogP contribution in [0.25, 0.3) is 0 Å². The predicted molar refractivity (Wildman–Crippen MR) is 157 cm³/mol. The monoisotopic (exact) mass is 582 g/mol. The summed E-state index contributed by atoms with van der Waals surface area (Å²) in [6.45, 7) is 18.2. The lowest BCUT2D eigenvalue weighted by molar-refractivity contribution is -0.262. The van der Waals surface area contributed by atoms with Crippen LogP contribution in [-0.2, 0) is 33.3 Å². The molecule has 42 heavy (non-hydrogen) atoms. The van der Waals surface area contributed by atoms with Gasteiger partial charge in [-0.25, -0.2) is 4.79 Å². The third-order valence-electron chi connectivity index (χ3n) is 13.8. The average Bonchev–Trinajstić information content (AvgIpc) is 3.26. The molecule has 2 saturated carbocycles. The molecule has 0 aromatic carbocycles. The Morgan fingerprint density at radius 1 is 0.952 bits per heavy atom. The third kappa shape index (κ3) is 3.83. The lowest BCUT2D eigenvalue weighted by Crippen LogP contribution is -2.56. The summed E-state index contributed by atoms with van der Waals surface area (Å²) in [5, 5.41) is 0. The highest BCUT2D eigenvalue weighted by atomic mass is 16.7. The second-order valence-electron chi connectivity index (χ2n) is 15.8. The number of methoxy groups -OCH3 is 1. The summed E-state index contributed by atoms with van der Waals surface area (Å²) >= 11 is 0. The molecule has 232 valence electrons. The number of carbonyl (C=O) groups excluding carboxylic acids is 3. The molecule has 0 radical (unpaired) electrons. The Morgan fingerprint density at radius 2 is 1.67 bits per heavy atom. The zero-order chi connectivity index (χ0) is 30.6. The smallest absolute Gasteiger partial charge is 0.336 e. The first-order valence-corrected chi connectivity index (χ1v) is 16.1. The van der Waals surface area contributed by atoms with E-state index >= 15 is 0 Å². The Labute approximate surface area is 251 Å². The first-order chi connectivity index (χ1) is 19.5. The Balaban J connectivity index is 1.30. The predicted octanol–water partition coefficient (Wildman–Crippen LogP) is 6.84. The number of hydrogen-bond donors (Lipinski definition) is 0. The van der Waals surface area contributed by atoms with Crippen molar-refractivity contribution in [1.29, 1.82) is 0 Å². The molecule has 2 heterocycles. The van der Waals surface area contributed by atoms with Crippen LogP contribution in [0.2, 0.25) is 0 Å². The molecule has 2 unspecified atom stereocenters. The van der Waals surface area contributed by atoms with E-state index in [0.717, 1.165) is 56.9 Å². The number of fused-ring (bicyclic) bond motifs is 6. The van der Waals surface area contributed by atoms with E-state index in [4.69, 9.17) is 14.2 Å². The lowest BCUT2D eigenvalue weighted by Gasteiger charge is -2.62. The Bertz CT molecular complexity index is 1290. The maximum atomic E-state index is 12.6. The Morgan fingerprint density at radius 3 is 2.31 bits per heavy atom. The molecule has 2 aliphatic heterocycles. The van der Waals surface area contributed by atoms with Gasteiger partial charge in [0.25, 0.3) is 0 Å². The van der Waals surface area contributed by atoms with E-state index in [-0.39, 0.29) is 46.3 Å².